The van der Waals surface area contributed by atoms with E-state index in [1.807, 2.05) is 0 Å². The average molecular weight is 544 g/mol. The summed E-state index contributed by atoms with van der Waals surface area (Å²) in [6.07, 6.45) is -8.48. The van der Waals surface area contributed by atoms with E-state index in [4.69, 9.17) is 5.73 Å². The lowest BCUT2D eigenvalue weighted by atomic mass is 9.78. The lowest BCUT2D eigenvalue weighted by Crippen LogP contribution is -2.56. The number of amides is 1. The van der Waals surface area contributed by atoms with Crippen molar-refractivity contribution in [1.29, 1.82) is 0 Å². The fourth-order valence-electron chi connectivity index (χ4n) is 5.43. The van der Waals surface area contributed by atoms with Crippen molar-refractivity contribution in [2.75, 3.05) is 13.1 Å². The first-order valence-corrected chi connectivity index (χ1v) is 11.9. The molecule has 204 valence electrons. The van der Waals surface area contributed by atoms with Crippen molar-refractivity contribution in [1.82, 2.24) is 14.9 Å². The Morgan fingerprint density at radius 2 is 1.76 bits per heavy atom. The first-order chi connectivity index (χ1) is 17.8. The van der Waals surface area contributed by atoms with Crippen LogP contribution in [0.25, 0.3) is 11.0 Å². The van der Waals surface area contributed by atoms with Crippen LogP contribution in [0.1, 0.15) is 52.4 Å². The second-order valence-electron chi connectivity index (χ2n) is 9.79. The first kappa shape index (κ1) is 26.3. The predicted octanol–water partition coefficient (Wildman–Crippen LogP) is 5.37. The maximum Gasteiger partial charge on any atom is 0.573 e. The molecule has 3 heterocycles. The molecule has 0 spiro atoms. The van der Waals surface area contributed by atoms with Gasteiger partial charge in [-0.15, -0.1) is 13.2 Å². The van der Waals surface area contributed by atoms with Crippen molar-refractivity contribution in [2.45, 2.75) is 56.1 Å². The van der Waals surface area contributed by atoms with Crippen LogP contribution in [0.4, 0.5) is 30.7 Å². The zero-order chi connectivity index (χ0) is 27.5. The summed E-state index contributed by atoms with van der Waals surface area (Å²) in [5, 5.41) is 0.323. The van der Waals surface area contributed by atoms with Gasteiger partial charge in [-0.1, -0.05) is 0 Å². The van der Waals surface area contributed by atoms with E-state index < -0.39 is 42.0 Å². The minimum absolute atomic E-state index is 0.0580. The van der Waals surface area contributed by atoms with Gasteiger partial charge >= 0.3 is 12.5 Å². The Morgan fingerprint density at radius 1 is 1.11 bits per heavy atom. The number of alkyl halides is 6. The summed E-state index contributed by atoms with van der Waals surface area (Å²) in [6, 6.07) is 4.55. The number of nitrogens with zero attached hydrogens (tertiary/aromatic N) is 2. The van der Waals surface area contributed by atoms with Gasteiger partial charge in [0.25, 0.3) is 5.91 Å². The van der Waals surface area contributed by atoms with Gasteiger partial charge in [0.15, 0.2) is 0 Å². The summed E-state index contributed by atoms with van der Waals surface area (Å²) in [7, 11) is 0. The SMILES string of the molecule is N[C@@]1(C(F)(F)F)CCc2[nH]c3ncc(F)c(C4CCN(C(=O)c5ccc(OC(F)(F)F)cc5)CC4)c3c2C1. The Balaban J connectivity index is 1.36. The second-order valence-corrected chi connectivity index (χ2v) is 9.79. The molecular weight excluding hydrogens is 521 g/mol. The van der Waals surface area contributed by atoms with Crippen molar-refractivity contribution in [2.24, 2.45) is 5.73 Å². The molecule has 1 aliphatic heterocycles. The fourth-order valence-corrected chi connectivity index (χ4v) is 5.43. The smallest absolute Gasteiger partial charge is 0.406 e. The molecule has 1 aromatic carbocycles. The molecule has 1 amide bonds. The highest BCUT2D eigenvalue weighted by molar-refractivity contribution is 5.94. The number of H-pyrrole nitrogens is 1. The van der Waals surface area contributed by atoms with Crippen molar-refractivity contribution in [3.8, 4) is 5.75 Å². The van der Waals surface area contributed by atoms with E-state index in [1.165, 1.54) is 17.0 Å². The third-order valence-corrected chi connectivity index (χ3v) is 7.41. The maximum absolute atomic E-state index is 15.2. The number of likely N-dealkylation sites (tertiary alicyclic amines) is 1. The molecule has 1 atom stereocenters. The van der Waals surface area contributed by atoms with Crippen LogP contribution in [-0.2, 0) is 12.8 Å². The first-order valence-electron chi connectivity index (χ1n) is 11.9. The summed E-state index contributed by atoms with van der Waals surface area (Å²) in [6.45, 7) is 0.451. The number of benzene rings is 1. The van der Waals surface area contributed by atoms with Gasteiger partial charge in [0.2, 0.25) is 0 Å². The number of hydrogen-bond donors (Lipinski definition) is 2. The Kier molecular flexibility index (Phi) is 6.32. The predicted molar refractivity (Wildman–Crippen MR) is 122 cm³/mol. The van der Waals surface area contributed by atoms with Gasteiger partial charge in [-0.2, -0.15) is 13.2 Å². The van der Waals surface area contributed by atoms with Gasteiger partial charge in [0, 0.05) is 41.7 Å². The maximum atomic E-state index is 15.2. The Hall–Kier alpha value is -3.35. The summed E-state index contributed by atoms with van der Waals surface area (Å²) in [5.41, 5.74) is 4.96. The number of ether oxygens (including phenoxy) is 1. The number of piperidine rings is 1. The summed E-state index contributed by atoms with van der Waals surface area (Å²) in [4.78, 5) is 21.5. The molecular formula is C25H23F7N4O2. The molecule has 0 radical (unpaired) electrons. The van der Waals surface area contributed by atoms with Crippen LogP contribution < -0.4 is 10.5 Å². The van der Waals surface area contributed by atoms with Crippen LogP contribution in [0, 0.1) is 5.82 Å². The van der Waals surface area contributed by atoms with Gasteiger partial charge in [0.1, 0.15) is 22.8 Å². The van der Waals surface area contributed by atoms with Crippen molar-refractivity contribution >= 4 is 16.9 Å². The summed E-state index contributed by atoms with van der Waals surface area (Å²) < 4.78 is 97.2. The van der Waals surface area contributed by atoms with E-state index in [9.17, 15) is 31.1 Å². The number of rotatable bonds is 3. The zero-order valence-electron chi connectivity index (χ0n) is 19.8. The number of aromatic nitrogens is 2. The third-order valence-electron chi connectivity index (χ3n) is 7.41. The summed E-state index contributed by atoms with van der Waals surface area (Å²) in [5.74, 6) is -1.87. The lowest BCUT2D eigenvalue weighted by molar-refractivity contribution is -0.274. The van der Waals surface area contributed by atoms with Gasteiger partial charge in [0.05, 0.1) is 6.20 Å². The Bertz CT molecular complexity index is 1360. The van der Waals surface area contributed by atoms with E-state index in [0.29, 0.717) is 35.1 Å². The minimum Gasteiger partial charge on any atom is -0.406 e. The fraction of sp³-hybridized carbons (Fsp3) is 0.440. The minimum atomic E-state index is -4.85. The zero-order valence-corrected chi connectivity index (χ0v) is 19.8. The van der Waals surface area contributed by atoms with Crippen LogP contribution in [0.2, 0.25) is 0 Å². The second kappa shape index (κ2) is 9.14. The third kappa shape index (κ3) is 4.79. The molecule has 1 saturated heterocycles. The summed E-state index contributed by atoms with van der Waals surface area (Å²) >= 11 is 0. The molecule has 3 N–H and O–H groups in total. The topological polar surface area (TPSA) is 84.2 Å². The number of carbonyl (C=O) groups excluding carboxylic acids is 1. The number of nitrogens with two attached hydrogens (primary N) is 1. The molecule has 6 nitrogen and oxygen atoms in total. The number of hydrogen-bond acceptors (Lipinski definition) is 4. The Morgan fingerprint density at radius 3 is 2.37 bits per heavy atom. The van der Waals surface area contributed by atoms with E-state index in [0.717, 1.165) is 18.3 Å². The highest BCUT2D eigenvalue weighted by atomic mass is 19.4. The van der Waals surface area contributed by atoms with E-state index in [1.54, 1.807) is 0 Å². The Labute approximate surface area is 212 Å². The van der Waals surface area contributed by atoms with Crippen molar-refractivity contribution in [3.63, 3.8) is 0 Å². The standard InChI is InChI=1S/C25H23F7N4O2/c26-17-12-34-21-20(16-11-23(33,24(27,28)29)8-5-18(16)35-21)19(17)13-6-9-36(10-7-13)22(37)14-1-3-15(4-2-14)38-25(30,31)32/h1-4,12-13H,5-11,33H2,(H,34,35)/t23-/m0/s1. The quantitative estimate of drug-likeness (QED) is 0.435. The van der Waals surface area contributed by atoms with E-state index in [-0.39, 0.29) is 43.0 Å². The molecule has 2 aromatic heterocycles. The normalized spacial score (nSPS) is 21.0. The van der Waals surface area contributed by atoms with Crippen LogP contribution >= 0.6 is 0 Å². The van der Waals surface area contributed by atoms with Gasteiger partial charge in [-0.05, 0) is 61.4 Å². The molecule has 5 rings (SSSR count). The number of pyridine rings is 1. The van der Waals surface area contributed by atoms with Gasteiger partial charge < -0.3 is 20.4 Å². The van der Waals surface area contributed by atoms with Gasteiger partial charge in [-0.25, -0.2) is 9.37 Å². The van der Waals surface area contributed by atoms with Crippen molar-refractivity contribution in [3.05, 3.63) is 58.7 Å². The molecule has 2 aliphatic rings. The number of fused-ring (bicyclic) bond motifs is 3. The lowest BCUT2D eigenvalue weighted by Gasteiger charge is -2.36. The van der Waals surface area contributed by atoms with E-state index >= 15 is 4.39 Å². The van der Waals surface area contributed by atoms with Crippen molar-refractivity contribution < 1.29 is 40.3 Å². The van der Waals surface area contributed by atoms with Crippen LogP contribution in [0.3, 0.4) is 0 Å². The van der Waals surface area contributed by atoms with Crippen LogP contribution in [0.15, 0.2) is 30.5 Å². The molecule has 1 aliphatic carbocycles. The highest BCUT2D eigenvalue weighted by Crippen LogP contribution is 2.44. The molecule has 0 saturated carbocycles. The highest BCUT2D eigenvalue weighted by Gasteiger charge is 2.53. The van der Waals surface area contributed by atoms with Crippen LogP contribution in [0.5, 0.6) is 5.75 Å². The molecule has 3 aromatic rings. The molecule has 0 unspecified atom stereocenters. The molecule has 0 bridgehead atoms. The van der Waals surface area contributed by atoms with E-state index in [2.05, 4.69) is 14.7 Å². The molecule has 13 heteroatoms. The molecule has 1 fully saturated rings. The number of aryl methyl sites for hydroxylation is 1. The number of aromatic amines is 1. The number of carbonyl (C=O) groups is 1. The largest absolute Gasteiger partial charge is 0.573 e. The number of nitrogens with one attached hydrogen (secondary N) is 1. The average Bonchev–Trinajstić information content (AvgIpc) is 3.20. The molecule has 38 heavy (non-hydrogen) atoms. The number of halogens is 7. The monoisotopic (exact) mass is 544 g/mol. The van der Waals surface area contributed by atoms with Crippen LogP contribution in [-0.4, -0.2) is 51.9 Å². The van der Waals surface area contributed by atoms with Gasteiger partial charge in [-0.3, -0.25) is 4.79 Å².